The molecule has 5 aromatic heterocycles. The van der Waals surface area contributed by atoms with E-state index in [1.807, 2.05) is 78.9 Å². The average Bonchev–Trinajstić information content (AvgIpc) is 1.38. The molecule has 0 unspecified atom stereocenters. The molecule has 117 heavy (non-hydrogen) atoms. The summed E-state index contributed by atoms with van der Waals surface area (Å²) in [7, 11) is 3.77. The highest BCUT2D eigenvalue weighted by Crippen LogP contribution is 2.40. The Morgan fingerprint density at radius 1 is 0.504 bits per heavy atom. The van der Waals surface area contributed by atoms with E-state index in [2.05, 4.69) is 55.3 Å². The second kappa shape index (κ2) is 48.0. The van der Waals surface area contributed by atoms with E-state index < -0.39 is 45.5 Å². The number of hydrogen-bond donors (Lipinski definition) is 9. The Balaban J connectivity index is 0.000000391. The molecule has 3 amide bonds. The number of nitrogens with zero attached hydrogens (tertiary/aromatic N) is 10. The first-order valence-corrected chi connectivity index (χ1v) is 36.6. The predicted octanol–water partition coefficient (Wildman–Crippen LogP) is 13.2. The number of nitrogens with two attached hydrogens (primary N) is 5. The number of carbonyl (C=O) groups is 4. The van der Waals surface area contributed by atoms with E-state index in [9.17, 15) is 39.4 Å². The summed E-state index contributed by atoms with van der Waals surface area (Å²) < 4.78 is 39.0. The highest BCUT2D eigenvalue weighted by molar-refractivity contribution is 5.95. The van der Waals surface area contributed by atoms with Crippen molar-refractivity contribution in [3.8, 4) is 23.5 Å². The fourth-order valence-electron chi connectivity index (χ4n) is 12.4. The smallest absolute Gasteiger partial charge is 0.414 e. The molecule has 0 saturated heterocycles. The first-order chi connectivity index (χ1) is 54.4. The summed E-state index contributed by atoms with van der Waals surface area (Å²) in [6, 6.07) is 38.2. The molecule has 4 aliphatic heterocycles. The van der Waals surface area contributed by atoms with E-state index in [4.69, 9.17) is 76.8 Å². The maximum Gasteiger partial charge on any atom is 0.414 e. The van der Waals surface area contributed by atoms with E-state index in [1.165, 1.54) is 54.4 Å². The predicted molar refractivity (Wildman–Crippen MR) is 451 cm³/mol. The minimum atomic E-state index is -0.833. The molecule has 0 saturated carbocycles. The van der Waals surface area contributed by atoms with Gasteiger partial charge in [0.15, 0.2) is 11.6 Å². The minimum absolute atomic E-state index is 0. The number of imidazole rings is 1. The molecule has 0 radical (unpaired) electrons. The van der Waals surface area contributed by atoms with Gasteiger partial charge in [-0.3, -0.25) is 44.3 Å². The molecule has 4 aliphatic rings. The molecule has 9 aromatic rings. The number of H-pyrrole nitrogens is 1. The molecule has 4 aromatic carbocycles. The number of anilines is 8. The maximum absolute atomic E-state index is 12.5. The highest BCUT2D eigenvalue weighted by Gasteiger charge is 2.33. The molecule has 36 heteroatoms. The van der Waals surface area contributed by atoms with Crippen molar-refractivity contribution in [3.63, 3.8) is 0 Å². The topological polar surface area (TPSA) is 555 Å². The van der Waals surface area contributed by atoms with Gasteiger partial charge in [-0.25, -0.2) is 19.2 Å². The lowest BCUT2D eigenvalue weighted by Gasteiger charge is -2.24. The Hall–Kier alpha value is -13.4. The van der Waals surface area contributed by atoms with Crippen LogP contribution in [0.1, 0.15) is 139 Å². The van der Waals surface area contributed by atoms with Gasteiger partial charge in [-0.05, 0) is 141 Å². The van der Waals surface area contributed by atoms with Crippen LogP contribution in [-0.4, -0.2) is 134 Å². The molecular weight excluding hydrogens is 1510 g/mol. The van der Waals surface area contributed by atoms with Gasteiger partial charge in [0.25, 0.3) is 5.97 Å². The van der Waals surface area contributed by atoms with Crippen molar-refractivity contribution in [3.05, 3.63) is 209 Å². The zero-order valence-corrected chi connectivity index (χ0v) is 65.0. The van der Waals surface area contributed by atoms with Gasteiger partial charge in [0, 0.05) is 39.2 Å². The lowest BCUT2D eigenvalue weighted by Crippen LogP contribution is -2.31. The number of carboxylic acids is 1. The number of aliphatic hydroxyl groups is 1. The Morgan fingerprint density at radius 3 is 1.24 bits per heavy atom. The largest absolute Gasteiger partial charge is 0.481 e. The number of benzene rings is 4. The van der Waals surface area contributed by atoms with Gasteiger partial charge in [-0.1, -0.05) is 124 Å². The molecule has 0 aliphatic carbocycles. The number of aliphatic hydroxyl groups excluding tert-OH is 1. The Kier molecular flexibility index (Phi) is 39.4. The monoisotopic (exact) mass is 1630 g/mol. The van der Waals surface area contributed by atoms with Crippen LogP contribution in [-0.2, 0) is 70.9 Å². The molecule has 0 atom stereocenters. The summed E-state index contributed by atoms with van der Waals surface area (Å²) in [4.78, 5) is 104. The first kappa shape index (κ1) is 96.0. The SMILES string of the molecule is C.C.CC(=O)O.CCO.COC(=O)N1Cc2cccc(c2)C/C=C/CCOc2cc1c([N+](=O)[O-])c(N)n2.COC(=O)N1Cc2cccc(c2)CCCCCOc2cc1c(N)c(N)n2.COC(=O)N1Cc2cccc(c2)CCCCCOc2cc1c([N+](=O)[O-])c(N)n2.N.Nc1nc2cc3c1[nH]c(=O)n3Cc1cccc(c1)CCCCCO2.O.[HH]. The molecule has 16 bridgehead atoms. The number of nitrogen functional groups attached to an aromatic ring is 5. The number of methoxy groups -OCH3 is 3. The van der Waals surface area contributed by atoms with Gasteiger partial charge in [0.1, 0.15) is 16.9 Å². The van der Waals surface area contributed by atoms with Crippen molar-refractivity contribution in [1.82, 2.24) is 35.6 Å². The zero-order valence-electron chi connectivity index (χ0n) is 65.0. The van der Waals surface area contributed by atoms with Crippen LogP contribution in [0.15, 0.2) is 138 Å². The van der Waals surface area contributed by atoms with Crippen LogP contribution in [0.5, 0.6) is 23.5 Å². The summed E-state index contributed by atoms with van der Waals surface area (Å²) in [5.41, 5.74) is 38.9. The van der Waals surface area contributed by atoms with Crippen LogP contribution < -0.4 is 74.2 Å². The number of amides is 3. The van der Waals surface area contributed by atoms with E-state index in [1.54, 1.807) is 23.6 Å². The van der Waals surface area contributed by atoms with Crippen molar-refractivity contribution in [2.24, 2.45) is 0 Å². The summed E-state index contributed by atoms with van der Waals surface area (Å²) in [6.07, 6.45) is 15.4. The number of carbonyl (C=O) groups excluding carboxylic acids is 3. The van der Waals surface area contributed by atoms with Crippen molar-refractivity contribution >= 4 is 92.7 Å². The van der Waals surface area contributed by atoms with Crippen LogP contribution in [0.25, 0.3) is 11.0 Å². The summed E-state index contributed by atoms with van der Waals surface area (Å²) >= 11 is 0. The molecule has 634 valence electrons. The van der Waals surface area contributed by atoms with Crippen molar-refractivity contribution in [2.75, 3.05) is 97.7 Å². The Labute approximate surface area is 679 Å². The van der Waals surface area contributed by atoms with Crippen molar-refractivity contribution in [2.45, 2.75) is 145 Å². The van der Waals surface area contributed by atoms with Gasteiger partial charge in [-0.15, -0.1) is 0 Å². The average molecular weight is 1630 g/mol. The van der Waals surface area contributed by atoms with E-state index in [-0.39, 0.29) is 99.6 Å². The van der Waals surface area contributed by atoms with E-state index in [0.29, 0.717) is 74.7 Å². The summed E-state index contributed by atoms with van der Waals surface area (Å²) in [6.45, 7) is 5.84. The summed E-state index contributed by atoms with van der Waals surface area (Å²) in [5, 5.41) is 38.2. The zero-order chi connectivity index (χ0) is 81.5. The lowest BCUT2D eigenvalue weighted by atomic mass is 10.0. The van der Waals surface area contributed by atoms with Crippen LogP contribution >= 0.6 is 0 Å². The van der Waals surface area contributed by atoms with Gasteiger partial charge in [0.05, 0.1) is 101 Å². The second-order valence-corrected chi connectivity index (χ2v) is 26.0. The minimum Gasteiger partial charge on any atom is -0.481 e. The fourth-order valence-corrected chi connectivity index (χ4v) is 12.4. The first-order valence-electron chi connectivity index (χ1n) is 36.6. The number of nitro groups is 2. The Morgan fingerprint density at radius 2 is 0.838 bits per heavy atom. The highest BCUT2D eigenvalue weighted by atomic mass is 16.6. The third-order valence-electron chi connectivity index (χ3n) is 17.7. The molecule has 36 nitrogen and oxygen atoms in total. The Bertz CT molecular complexity index is 4870. The number of carboxylic acid groups (broad SMARTS) is 1. The lowest BCUT2D eigenvalue weighted by molar-refractivity contribution is -0.383. The van der Waals surface area contributed by atoms with Crippen LogP contribution in [0.2, 0.25) is 0 Å². The number of aromatic nitrogens is 6. The van der Waals surface area contributed by atoms with Crippen molar-refractivity contribution in [1.29, 1.82) is 0 Å². The number of allylic oxidation sites excluding steroid dienone is 1. The quantitative estimate of drug-likeness (QED) is 0.0336. The molecule has 0 fully saturated rings. The number of aromatic amines is 1. The van der Waals surface area contributed by atoms with Crippen LogP contribution in [0.3, 0.4) is 0 Å². The molecule has 18 N–H and O–H groups in total. The van der Waals surface area contributed by atoms with Gasteiger partial charge >= 0.3 is 35.3 Å². The standard InChI is InChI=1S/C19H22N4O5.C19H20N4O5.C19H24N4O3.C18H20N4O2.C2H4O2.C2H6O.2CH4.H3N.H2O.H2/c2*1-27-19(24)22-12-14-8-5-7-13(10-14)6-3-2-4-9-28-16-11-15(22)17(23(25)26)18(20)21-16;1-25-19(24)23-12-14-8-5-7-13(10-14)6-3-2-4-9-26-16-11-15(23)17(20)18(21)22-16;19-17-16-14-10-15(20-17)24-8-3-1-2-5-12-6-4-7-13(9-12)11-22(14)18(23)21-16;1-2(3)4;1-2-3;;;;;/h5,7-8,10-11H,2-4,6,9,12H2,1H3,(H2,20,21);2-3,5,7-8,10-11H,4,6,9,12H2,1H3,(H2,20,21);5,7-8,10-11H,2-4,6,9,12,20H2,1H3,(H2,21,22);4,6-7,9-10H,1-3,5,8,11H2,(H2,19,20)(H,21,23);1H3,(H,3,4);3H,2H2,1H3;2*1H4;1H3;1H2;1H/b;3-2+;;;;;;;;;. The number of ether oxygens (including phenoxy) is 7. The maximum atomic E-state index is 12.5. The number of hydrogen-bond acceptors (Lipinski definition) is 27. The second-order valence-electron chi connectivity index (χ2n) is 26.0. The normalized spacial score (nSPS) is 13.9. The molecular formula is C81H111N17O19. The fraction of sp³-hybridized carbons (Fsp3) is 0.370. The number of fused-ring (bicyclic) bond motifs is 15. The summed E-state index contributed by atoms with van der Waals surface area (Å²) in [5.74, 6) is 0.00970. The number of aryl methyl sites for hydroxylation is 3. The third kappa shape index (κ3) is 28.0. The van der Waals surface area contributed by atoms with Gasteiger partial charge in [0.2, 0.25) is 35.2 Å². The number of rotatable bonds is 2. The van der Waals surface area contributed by atoms with Gasteiger partial charge in [-0.2, -0.15) is 19.9 Å². The molecule has 0 spiro atoms. The number of pyridine rings is 4. The van der Waals surface area contributed by atoms with E-state index in [0.717, 1.165) is 134 Å². The van der Waals surface area contributed by atoms with Crippen LogP contribution in [0, 0.1) is 20.2 Å². The van der Waals surface area contributed by atoms with Crippen LogP contribution in [0.4, 0.5) is 71.8 Å². The number of nitrogens with one attached hydrogen (secondary N) is 1. The third-order valence-corrected chi connectivity index (χ3v) is 17.7. The molecule has 13 rings (SSSR count). The number of aliphatic carboxylic acids is 1. The van der Waals surface area contributed by atoms with Gasteiger partial charge < -0.3 is 88.7 Å². The van der Waals surface area contributed by atoms with E-state index >= 15 is 0 Å². The molecule has 9 heterocycles. The van der Waals surface area contributed by atoms with Crippen molar-refractivity contribution < 1.29 is 79.3 Å².